The number of carbonyl (C=O) groups excluding carboxylic acids is 1. The lowest BCUT2D eigenvalue weighted by Crippen LogP contribution is -2.43. The quantitative estimate of drug-likeness (QED) is 0.804. The fourth-order valence-electron chi connectivity index (χ4n) is 3.71. The van der Waals surface area contributed by atoms with Gasteiger partial charge in [-0.1, -0.05) is 40.0 Å². The molecule has 1 saturated heterocycles. The zero-order valence-corrected chi connectivity index (χ0v) is 13.4. The molecule has 0 amide bonds. The first-order valence-corrected chi connectivity index (χ1v) is 8.51. The second kappa shape index (κ2) is 7.44. The van der Waals surface area contributed by atoms with E-state index in [1.165, 1.54) is 25.7 Å². The van der Waals surface area contributed by atoms with Gasteiger partial charge in [0.2, 0.25) is 0 Å². The normalized spacial score (nSPS) is 35.6. The van der Waals surface area contributed by atoms with Gasteiger partial charge in [0.15, 0.2) is 0 Å². The Morgan fingerprint density at radius 1 is 1.15 bits per heavy atom. The summed E-state index contributed by atoms with van der Waals surface area (Å²) >= 11 is 0. The minimum atomic E-state index is -0.0671. The van der Waals surface area contributed by atoms with Crippen LogP contribution in [-0.2, 0) is 9.53 Å². The van der Waals surface area contributed by atoms with Gasteiger partial charge in [0.05, 0.1) is 0 Å². The number of carbonyl (C=O) groups is 1. The van der Waals surface area contributed by atoms with Crippen LogP contribution in [0.1, 0.15) is 65.7 Å². The Hall–Kier alpha value is -0.570. The summed E-state index contributed by atoms with van der Waals surface area (Å²) in [6.45, 7) is 7.74. The maximum Gasteiger partial charge on any atom is 0.323 e. The van der Waals surface area contributed by atoms with Crippen LogP contribution in [0.2, 0.25) is 0 Å². The van der Waals surface area contributed by atoms with Gasteiger partial charge in [-0.05, 0) is 50.0 Å². The Morgan fingerprint density at radius 2 is 1.95 bits per heavy atom. The van der Waals surface area contributed by atoms with Crippen molar-refractivity contribution in [3.63, 3.8) is 0 Å². The van der Waals surface area contributed by atoms with E-state index in [2.05, 4.69) is 26.1 Å². The van der Waals surface area contributed by atoms with Gasteiger partial charge < -0.3 is 10.1 Å². The highest BCUT2D eigenvalue weighted by Gasteiger charge is 2.34. The molecule has 4 atom stereocenters. The highest BCUT2D eigenvalue weighted by atomic mass is 16.5. The number of rotatable bonds is 3. The van der Waals surface area contributed by atoms with Gasteiger partial charge in [-0.3, -0.25) is 4.79 Å². The molecule has 2 aliphatic rings. The van der Waals surface area contributed by atoms with Crippen molar-refractivity contribution in [2.75, 3.05) is 6.54 Å². The summed E-state index contributed by atoms with van der Waals surface area (Å²) in [7, 11) is 0. The Labute approximate surface area is 123 Å². The van der Waals surface area contributed by atoms with Crippen LogP contribution < -0.4 is 5.32 Å². The Bertz CT molecular complexity index is 308. The first-order chi connectivity index (χ1) is 9.58. The summed E-state index contributed by atoms with van der Waals surface area (Å²) in [6.07, 6.45) is 8.14. The first-order valence-electron chi connectivity index (χ1n) is 8.51. The van der Waals surface area contributed by atoms with E-state index in [9.17, 15) is 4.79 Å². The van der Waals surface area contributed by atoms with E-state index >= 15 is 0 Å². The van der Waals surface area contributed by atoms with Crippen LogP contribution in [0, 0.1) is 17.8 Å². The maximum atomic E-state index is 12.4. The molecule has 116 valence electrons. The molecule has 1 aliphatic carbocycles. The van der Waals surface area contributed by atoms with Crippen molar-refractivity contribution in [1.29, 1.82) is 0 Å². The van der Waals surface area contributed by atoms with E-state index in [-0.39, 0.29) is 18.1 Å². The fourth-order valence-corrected chi connectivity index (χ4v) is 3.71. The molecular formula is C17H31NO2. The molecule has 1 aliphatic heterocycles. The second-order valence-corrected chi connectivity index (χ2v) is 7.16. The highest BCUT2D eigenvalue weighted by Crippen LogP contribution is 2.35. The smallest absolute Gasteiger partial charge is 0.323 e. The van der Waals surface area contributed by atoms with Gasteiger partial charge in [0.1, 0.15) is 12.1 Å². The summed E-state index contributed by atoms with van der Waals surface area (Å²) in [4.78, 5) is 12.4. The van der Waals surface area contributed by atoms with Crippen LogP contribution in [0.3, 0.4) is 0 Å². The van der Waals surface area contributed by atoms with Gasteiger partial charge in [-0.15, -0.1) is 0 Å². The molecule has 0 radical (unpaired) electrons. The first kappa shape index (κ1) is 15.8. The Kier molecular flexibility index (Phi) is 5.88. The maximum absolute atomic E-state index is 12.4. The molecule has 1 heterocycles. The predicted molar refractivity (Wildman–Crippen MR) is 81.5 cm³/mol. The lowest BCUT2D eigenvalue weighted by molar-refractivity contribution is -0.158. The molecule has 4 unspecified atom stereocenters. The van der Waals surface area contributed by atoms with Gasteiger partial charge in [0.25, 0.3) is 0 Å². The molecule has 0 spiro atoms. The molecule has 1 saturated carbocycles. The van der Waals surface area contributed by atoms with Crippen molar-refractivity contribution < 1.29 is 9.53 Å². The number of hydrogen-bond donors (Lipinski definition) is 1. The molecular weight excluding hydrogens is 250 g/mol. The third kappa shape index (κ3) is 4.21. The molecule has 2 fully saturated rings. The summed E-state index contributed by atoms with van der Waals surface area (Å²) in [5.74, 6) is 1.82. The van der Waals surface area contributed by atoms with Gasteiger partial charge in [-0.2, -0.15) is 0 Å². The fraction of sp³-hybridized carbons (Fsp3) is 0.941. The van der Waals surface area contributed by atoms with Crippen molar-refractivity contribution >= 4 is 5.97 Å². The lowest BCUT2D eigenvalue weighted by atomic mass is 9.75. The Balaban J connectivity index is 1.92. The van der Waals surface area contributed by atoms with Crippen LogP contribution in [0.25, 0.3) is 0 Å². The van der Waals surface area contributed by atoms with Crippen LogP contribution in [0.15, 0.2) is 0 Å². The SMILES string of the molecule is CC1CCC(C(C)C)C(OC(=O)C2CCCCCN2)C1. The average Bonchev–Trinajstić information content (AvgIpc) is 2.67. The number of ether oxygens (including phenoxy) is 1. The standard InChI is InChI=1S/C17H31NO2/c1-12(2)14-9-8-13(3)11-16(14)20-17(19)15-7-5-4-6-10-18-15/h12-16,18H,4-11H2,1-3H3. The summed E-state index contributed by atoms with van der Waals surface area (Å²) in [5, 5.41) is 3.35. The molecule has 2 rings (SSSR count). The number of nitrogens with one attached hydrogen (secondary N) is 1. The van der Waals surface area contributed by atoms with E-state index in [1.807, 2.05) is 0 Å². The van der Waals surface area contributed by atoms with Crippen LogP contribution in [0.5, 0.6) is 0 Å². The zero-order valence-electron chi connectivity index (χ0n) is 13.4. The van der Waals surface area contributed by atoms with E-state index in [0.717, 1.165) is 25.8 Å². The second-order valence-electron chi connectivity index (χ2n) is 7.16. The van der Waals surface area contributed by atoms with E-state index in [4.69, 9.17) is 4.74 Å². The van der Waals surface area contributed by atoms with Crippen molar-refractivity contribution in [2.45, 2.75) is 77.9 Å². The van der Waals surface area contributed by atoms with Crippen LogP contribution in [-0.4, -0.2) is 24.7 Å². The summed E-state index contributed by atoms with van der Waals surface area (Å²) < 4.78 is 5.93. The average molecular weight is 281 g/mol. The summed E-state index contributed by atoms with van der Waals surface area (Å²) in [6, 6.07) is -0.0671. The Morgan fingerprint density at radius 3 is 2.70 bits per heavy atom. The molecule has 0 aromatic rings. The van der Waals surface area contributed by atoms with Crippen molar-refractivity contribution in [3.8, 4) is 0 Å². The molecule has 0 bridgehead atoms. The minimum Gasteiger partial charge on any atom is -0.461 e. The lowest BCUT2D eigenvalue weighted by Gasteiger charge is -2.37. The summed E-state index contributed by atoms with van der Waals surface area (Å²) in [5.41, 5.74) is 0. The van der Waals surface area contributed by atoms with E-state index in [0.29, 0.717) is 17.8 Å². The van der Waals surface area contributed by atoms with Crippen molar-refractivity contribution in [1.82, 2.24) is 5.32 Å². The molecule has 20 heavy (non-hydrogen) atoms. The van der Waals surface area contributed by atoms with Crippen molar-refractivity contribution in [3.05, 3.63) is 0 Å². The van der Waals surface area contributed by atoms with Gasteiger partial charge >= 0.3 is 5.97 Å². The van der Waals surface area contributed by atoms with Gasteiger partial charge in [0, 0.05) is 0 Å². The monoisotopic (exact) mass is 281 g/mol. The topological polar surface area (TPSA) is 38.3 Å². The van der Waals surface area contributed by atoms with E-state index in [1.54, 1.807) is 0 Å². The van der Waals surface area contributed by atoms with Crippen LogP contribution in [0.4, 0.5) is 0 Å². The molecule has 3 nitrogen and oxygen atoms in total. The predicted octanol–water partition coefficient (Wildman–Crippen LogP) is 3.52. The molecule has 0 aromatic carbocycles. The third-order valence-electron chi connectivity index (χ3n) is 5.07. The largest absolute Gasteiger partial charge is 0.461 e. The molecule has 0 aromatic heterocycles. The van der Waals surface area contributed by atoms with Gasteiger partial charge in [-0.25, -0.2) is 0 Å². The number of esters is 1. The van der Waals surface area contributed by atoms with Crippen LogP contribution >= 0.6 is 0 Å². The van der Waals surface area contributed by atoms with E-state index < -0.39 is 0 Å². The third-order valence-corrected chi connectivity index (χ3v) is 5.07. The molecule has 3 heteroatoms. The highest BCUT2D eigenvalue weighted by molar-refractivity contribution is 5.76. The molecule has 1 N–H and O–H groups in total. The minimum absolute atomic E-state index is 0.00310. The number of hydrogen-bond acceptors (Lipinski definition) is 3. The zero-order chi connectivity index (χ0) is 14.5. The van der Waals surface area contributed by atoms with Crippen molar-refractivity contribution in [2.24, 2.45) is 17.8 Å².